The lowest BCUT2D eigenvalue weighted by atomic mass is 10.1. The first kappa shape index (κ1) is 28.9. The van der Waals surface area contributed by atoms with Gasteiger partial charge in [-0.1, -0.05) is 79.1 Å². The van der Waals surface area contributed by atoms with Crippen LogP contribution in [0.1, 0.15) is 143 Å². The van der Waals surface area contributed by atoms with Gasteiger partial charge in [-0.3, -0.25) is 9.59 Å². The number of carbonyl (C=O) groups is 2. The molecule has 0 radical (unpaired) electrons. The summed E-state index contributed by atoms with van der Waals surface area (Å²) < 4.78 is 11.2. The number of unbranched alkanes of at least 4 members (excludes halogenated alkanes) is 9. The van der Waals surface area contributed by atoms with E-state index in [0.717, 1.165) is 77.0 Å². The summed E-state index contributed by atoms with van der Waals surface area (Å²) in [6.45, 7) is 8.56. The molecular formula is C26H50O4. The molecule has 0 amide bonds. The fourth-order valence-corrected chi connectivity index (χ4v) is 3.67. The maximum absolute atomic E-state index is 12.0. The molecule has 0 saturated carbocycles. The van der Waals surface area contributed by atoms with E-state index in [4.69, 9.17) is 9.47 Å². The third-order valence-corrected chi connectivity index (χ3v) is 5.78. The van der Waals surface area contributed by atoms with Crippen LogP contribution in [0.25, 0.3) is 0 Å². The predicted octanol–water partition coefficient (Wildman–Crippen LogP) is 7.91. The largest absolute Gasteiger partial charge is 0.462 e. The summed E-state index contributed by atoms with van der Waals surface area (Å²) in [5.74, 6) is -0.0731. The van der Waals surface area contributed by atoms with Gasteiger partial charge in [0.05, 0.1) is 0 Å². The molecule has 0 aromatic heterocycles. The van der Waals surface area contributed by atoms with Gasteiger partial charge in [-0.2, -0.15) is 0 Å². The maximum Gasteiger partial charge on any atom is 0.306 e. The molecule has 2 atom stereocenters. The molecule has 0 heterocycles. The average molecular weight is 427 g/mol. The van der Waals surface area contributed by atoms with E-state index in [-0.39, 0.29) is 24.1 Å². The lowest BCUT2D eigenvalue weighted by Gasteiger charge is -2.16. The summed E-state index contributed by atoms with van der Waals surface area (Å²) in [5, 5.41) is 0. The Balaban J connectivity index is 3.63. The molecule has 4 nitrogen and oxygen atoms in total. The monoisotopic (exact) mass is 426 g/mol. The van der Waals surface area contributed by atoms with Crippen LogP contribution in [-0.2, 0) is 19.1 Å². The maximum atomic E-state index is 12.0. The Morgan fingerprint density at radius 3 is 1.23 bits per heavy atom. The second-order valence-electron chi connectivity index (χ2n) is 8.65. The van der Waals surface area contributed by atoms with Crippen LogP contribution >= 0.6 is 0 Å². The zero-order valence-electron chi connectivity index (χ0n) is 20.5. The summed E-state index contributed by atoms with van der Waals surface area (Å²) in [5.41, 5.74) is 0. The lowest BCUT2D eigenvalue weighted by molar-refractivity contribution is -0.150. The second kappa shape index (κ2) is 21.2. The molecule has 0 aromatic carbocycles. The van der Waals surface area contributed by atoms with Crippen LogP contribution in [0, 0.1) is 0 Å². The molecule has 4 heteroatoms. The highest BCUT2D eigenvalue weighted by atomic mass is 16.5. The van der Waals surface area contributed by atoms with E-state index in [9.17, 15) is 9.59 Å². The van der Waals surface area contributed by atoms with Crippen LogP contribution in [0.15, 0.2) is 0 Å². The van der Waals surface area contributed by atoms with Crippen molar-refractivity contribution in [2.24, 2.45) is 0 Å². The van der Waals surface area contributed by atoms with Gasteiger partial charge in [-0.15, -0.1) is 0 Å². The summed E-state index contributed by atoms with van der Waals surface area (Å²) in [6, 6.07) is 0. The molecule has 0 spiro atoms. The van der Waals surface area contributed by atoms with Gasteiger partial charge in [0.25, 0.3) is 0 Å². The molecule has 0 aromatic rings. The Morgan fingerprint density at radius 1 is 0.533 bits per heavy atom. The minimum atomic E-state index is -0.0366. The van der Waals surface area contributed by atoms with Crippen molar-refractivity contribution in [3.63, 3.8) is 0 Å². The molecule has 2 unspecified atom stereocenters. The van der Waals surface area contributed by atoms with E-state index in [1.807, 2.05) is 0 Å². The van der Waals surface area contributed by atoms with Crippen molar-refractivity contribution >= 4 is 11.9 Å². The van der Waals surface area contributed by atoms with Gasteiger partial charge in [-0.25, -0.2) is 0 Å². The number of carbonyl (C=O) groups excluding carboxylic acids is 2. The average Bonchev–Trinajstić information content (AvgIpc) is 2.74. The van der Waals surface area contributed by atoms with Crippen LogP contribution in [0.3, 0.4) is 0 Å². The molecule has 0 N–H and O–H groups in total. The standard InChI is InChI=1S/C26H50O4/c1-5-9-15-19-23(7-3)29-25(27)21-17-13-11-12-14-18-22-26(28)30-24(8-4)20-16-10-6-2/h23-24H,5-22H2,1-4H3. The number of esters is 2. The lowest BCUT2D eigenvalue weighted by Crippen LogP contribution is -2.17. The van der Waals surface area contributed by atoms with Crippen molar-refractivity contribution in [2.75, 3.05) is 0 Å². The molecule has 0 bridgehead atoms. The van der Waals surface area contributed by atoms with E-state index >= 15 is 0 Å². The summed E-state index contributed by atoms with van der Waals surface area (Å²) >= 11 is 0. The molecule has 0 aliphatic heterocycles. The SMILES string of the molecule is CCCCCC(CC)OC(=O)CCCCCCCCC(=O)OC(CC)CCCCC. The van der Waals surface area contributed by atoms with E-state index < -0.39 is 0 Å². The third kappa shape index (κ3) is 17.8. The fourth-order valence-electron chi connectivity index (χ4n) is 3.67. The molecule has 0 rings (SSSR count). The van der Waals surface area contributed by atoms with Crippen molar-refractivity contribution in [1.29, 1.82) is 0 Å². The number of rotatable bonds is 21. The zero-order valence-corrected chi connectivity index (χ0v) is 20.5. The summed E-state index contributed by atoms with van der Waals surface area (Å²) in [4.78, 5) is 24.0. The number of hydrogen-bond acceptors (Lipinski definition) is 4. The first-order chi connectivity index (χ1) is 14.6. The normalized spacial score (nSPS) is 13.1. The Kier molecular flexibility index (Phi) is 20.4. The van der Waals surface area contributed by atoms with Crippen molar-refractivity contribution in [1.82, 2.24) is 0 Å². The molecule has 0 saturated heterocycles. The minimum absolute atomic E-state index is 0.0366. The fraction of sp³-hybridized carbons (Fsp3) is 0.923. The highest BCUT2D eigenvalue weighted by Crippen LogP contribution is 2.15. The van der Waals surface area contributed by atoms with Crippen LogP contribution < -0.4 is 0 Å². The smallest absolute Gasteiger partial charge is 0.306 e. The van der Waals surface area contributed by atoms with E-state index in [0.29, 0.717) is 12.8 Å². The van der Waals surface area contributed by atoms with E-state index in [1.165, 1.54) is 25.7 Å². The highest BCUT2D eigenvalue weighted by molar-refractivity contribution is 5.69. The Labute approximate surface area is 186 Å². The predicted molar refractivity (Wildman–Crippen MR) is 126 cm³/mol. The summed E-state index contributed by atoms with van der Waals surface area (Å²) in [7, 11) is 0. The number of ether oxygens (including phenoxy) is 2. The van der Waals surface area contributed by atoms with Crippen LogP contribution in [0.4, 0.5) is 0 Å². The minimum Gasteiger partial charge on any atom is -0.462 e. The summed E-state index contributed by atoms with van der Waals surface area (Å²) in [6.07, 6.45) is 18.4. The molecule has 0 aliphatic carbocycles. The second-order valence-corrected chi connectivity index (χ2v) is 8.65. The van der Waals surface area contributed by atoms with Gasteiger partial charge >= 0.3 is 11.9 Å². The van der Waals surface area contributed by atoms with Gasteiger partial charge in [-0.05, 0) is 51.4 Å². The quantitative estimate of drug-likeness (QED) is 0.138. The molecule has 0 aliphatic rings. The first-order valence-corrected chi connectivity index (χ1v) is 13.0. The van der Waals surface area contributed by atoms with Gasteiger partial charge in [0.15, 0.2) is 0 Å². The molecule has 178 valence electrons. The van der Waals surface area contributed by atoms with Gasteiger partial charge in [0.2, 0.25) is 0 Å². The van der Waals surface area contributed by atoms with Gasteiger partial charge < -0.3 is 9.47 Å². The van der Waals surface area contributed by atoms with Crippen molar-refractivity contribution in [3.05, 3.63) is 0 Å². The van der Waals surface area contributed by atoms with Crippen molar-refractivity contribution in [2.45, 2.75) is 155 Å². The topological polar surface area (TPSA) is 52.6 Å². The zero-order chi connectivity index (χ0) is 22.5. The Morgan fingerprint density at radius 2 is 0.900 bits per heavy atom. The highest BCUT2D eigenvalue weighted by Gasteiger charge is 2.13. The third-order valence-electron chi connectivity index (χ3n) is 5.78. The van der Waals surface area contributed by atoms with Crippen LogP contribution in [0.2, 0.25) is 0 Å². The van der Waals surface area contributed by atoms with Gasteiger partial charge in [0, 0.05) is 12.8 Å². The first-order valence-electron chi connectivity index (χ1n) is 13.0. The molecular weight excluding hydrogens is 376 g/mol. The van der Waals surface area contributed by atoms with E-state index in [1.54, 1.807) is 0 Å². The van der Waals surface area contributed by atoms with Crippen LogP contribution in [0.5, 0.6) is 0 Å². The van der Waals surface area contributed by atoms with Crippen LogP contribution in [-0.4, -0.2) is 24.1 Å². The Hall–Kier alpha value is -1.06. The van der Waals surface area contributed by atoms with Crippen molar-refractivity contribution < 1.29 is 19.1 Å². The molecule has 0 fully saturated rings. The van der Waals surface area contributed by atoms with Gasteiger partial charge in [0.1, 0.15) is 12.2 Å². The molecule has 30 heavy (non-hydrogen) atoms. The van der Waals surface area contributed by atoms with E-state index in [2.05, 4.69) is 27.7 Å². The number of hydrogen-bond donors (Lipinski definition) is 0. The Bertz CT molecular complexity index is 370. The van der Waals surface area contributed by atoms with Crippen molar-refractivity contribution in [3.8, 4) is 0 Å².